The van der Waals surface area contributed by atoms with Crippen molar-refractivity contribution < 1.29 is 23.9 Å². The molecule has 4 N–H and O–H groups in total. The fourth-order valence-electron chi connectivity index (χ4n) is 4.17. The molecule has 1 aliphatic rings. The normalized spacial score (nSPS) is 14.4. The van der Waals surface area contributed by atoms with Crippen LogP contribution in [0.15, 0.2) is 42.5 Å². The molecule has 206 valence electrons. The first kappa shape index (κ1) is 29.5. The first-order chi connectivity index (χ1) is 18.3. The largest absolute Gasteiger partial charge is 0.444 e. The van der Waals surface area contributed by atoms with Crippen molar-refractivity contribution in [1.29, 1.82) is 0 Å². The molecule has 39 heavy (non-hydrogen) atoms. The second-order valence-electron chi connectivity index (χ2n) is 10.4. The van der Waals surface area contributed by atoms with Crippen molar-refractivity contribution in [3.63, 3.8) is 0 Å². The number of para-hydroxylation sites is 1. The van der Waals surface area contributed by atoms with Crippen molar-refractivity contribution in [3.05, 3.63) is 64.2 Å². The lowest BCUT2D eigenvalue weighted by Crippen LogP contribution is -2.54. The molecule has 0 heterocycles. The molecule has 0 radical (unpaired) electrons. The summed E-state index contributed by atoms with van der Waals surface area (Å²) in [5.74, 6) is 0.560. The van der Waals surface area contributed by atoms with E-state index in [0.717, 1.165) is 5.56 Å². The zero-order valence-corrected chi connectivity index (χ0v) is 23.2. The zero-order chi connectivity index (χ0) is 28.9. The summed E-state index contributed by atoms with van der Waals surface area (Å²) in [4.78, 5) is 53.9. The van der Waals surface area contributed by atoms with E-state index in [9.17, 15) is 19.2 Å². The minimum absolute atomic E-state index is 0.329. The third kappa shape index (κ3) is 7.74. The summed E-state index contributed by atoms with van der Waals surface area (Å²) in [6.07, 6.45) is 5.62. The Kier molecular flexibility index (Phi) is 9.25. The van der Waals surface area contributed by atoms with Crippen molar-refractivity contribution in [2.75, 3.05) is 5.32 Å². The van der Waals surface area contributed by atoms with Crippen LogP contribution in [-0.4, -0.2) is 46.4 Å². The number of anilines is 1. The first-order valence-corrected chi connectivity index (χ1v) is 12.9. The smallest absolute Gasteiger partial charge is 0.408 e. The maximum atomic E-state index is 14.1. The Morgan fingerprint density at radius 2 is 1.82 bits per heavy atom. The molecule has 1 aliphatic carbocycles. The number of ether oxygens (including phenoxy) is 1. The van der Waals surface area contributed by atoms with E-state index in [0.29, 0.717) is 34.7 Å². The van der Waals surface area contributed by atoms with Crippen LogP contribution >= 0.6 is 11.6 Å². The Morgan fingerprint density at radius 3 is 2.38 bits per heavy atom. The fourth-order valence-corrected chi connectivity index (χ4v) is 4.44. The number of terminal acetylenes is 1. The molecule has 0 saturated heterocycles. The molecule has 0 bridgehead atoms. The van der Waals surface area contributed by atoms with Gasteiger partial charge in [0.2, 0.25) is 11.8 Å². The number of benzene rings is 2. The van der Waals surface area contributed by atoms with Crippen molar-refractivity contribution >= 4 is 41.1 Å². The summed E-state index contributed by atoms with van der Waals surface area (Å²) in [5.41, 5.74) is 6.54. The topological polar surface area (TPSA) is 131 Å². The van der Waals surface area contributed by atoms with E-state index in [4.69, 9.17) is 28.5 Å². The van der Waals surface area contributed by atoms with Crippen molar-refractivity contribution in [2.24, 2.45) is 5.73 Å². The van der Waals surface area contributed by atoms with Gasteiger partial charge in [-0.15, -0.1) is 6.42 Å². The van der Waals surface area contributed by atoms with Gasteiger partial charge in [-0.2, -0.15) is 0 Å². The Bertz CT molecular complexity index is 1290. The van der Waals surface area contributed by atoms with Gasteiger partial charge in [-0.1, -0.05) is 47.9 Å². The molecule has 0 aromatic heterocycles. The lowest BCUT2D eigenvalue weighted by atomic mass is 9.96. The number of carbonyl (C=O) groups excluding carboxylic acids is 4. The fraction of sp³-hybridized carbons (Fsp3) is 0.379. The van der Waals surface area contributed by atoms with Crippen molar-refractivity contribution in [3.8, 4) is 12.3 Å². The Labute approximate surface area is 233 Å². The molecule has 1 fully saturated rings. The van der Waals surface area contributed by atoms with Crippen LogP contribution in [0.3, 0.4) is 0 Å². The lowest BCUT2D eigenvalue weighted by molar-refractivity contribution is -0.142. The Morgan fingerprint density at radius 1 is 1.15 bits per heavy atom. The van der Waals surface area contributed by atoms with Crippen LogP contribution in [0.5, 0.6) is 0 Å². The molecular weight excluding hydrogens is 520 g/mol. The van der Waals surface area contributed by atoms with Gasteiger partial charge in [-0.25, -0.2) is 4.79 Å². The SMILES string of the molecule is C#Cc1ccccc1C(C(=O)Nc1c(C)cccc1Cl)N(C(=O)C(CC(N)=O)NC(=O)OC(C)(C)C)C1CC1. The Hall–Kier alpha value is -4.03. The quantitative estimate of drug-likeness (QED) is 0.404. The molecular formula is C29H33ClN4O5. The minimum Gasteiger partial charge on any atom is -0.444 e. The predicted octanol–water partition coefficient (Wildman–Crippen LogP) is 4.07. The first-order valence-electron chi connectivity index (χ1n) is 12.5. The highest BCUT2D eigenvalue weighted by atomic mass is 35.5. The average molecular weight is 553 g/mol. The molecule has 2 aromatic rings. The molecule has 10 heteroatoms. The van der Waals surface area contributed by atoms with Gasteiger partial charge < -0.3 is 26.0 Å². The van der Waals surface area contributed by atoms with E-state index in [1.54, 1.807) is 70.2 Å². The molecule has 2 unspecified atom stereocenters. The molecule has 9 nitrogen and oxygen atoms in total. The van der Waals surface area contributed by atoms with E-state index in [1.165, 1.54) is 4.90 Å². The van der Waals surface area contributed by atoms with E-state index in [-0.39, 0.29) is 6.04 Å². The number of primary amides is 1. The standard InChI is InChI=1S/C29H33ClN4O5/c1-6-18-11-7-8-12-20(18)25(26(36)33-24-17(2)10-9-13-21(24)30)34(19-14-15-19)27(37)22(16-23(31)35)32-28(38)39-29(3,4)5/h1,7-13,19,22,25H,14-16H2,2-5H3,(H2,31,35)(H,32,38)(H,33,36). The van der Waals surface area contributed by atoms with Gasteiger partial charge >= 0.3 is 6.09 Å². The van der Waals surface area contributed by atoms with E-state index in [1.807, 2.05) is 0 Å². The molecule has 4 amide bonds. The number of rotatable bonds is 9. The Balaban J connectivity index is 2.07. The summed E-state index contributed by atoms with van der Waals surface area (Å²) < 4.78 is 5.30. The second-order valence-corrected chi connectivity index (χ2v) is 10.8. The summed E-state index contributed by atoms with van der Waals surface area (Å²) >= 11 is 6.38. The summed E-state index contributed by atoms with van der Waals surface area (Å²) in [6, 6.07) is 9.10. The highest BCUT2D eigenvalue weighted by Crippen LogP contribution is 2.38. The van der Waals surface area contributed by atoms with Crippen LogP contribution in [0.2, 0.25) is 5.02 Å². The van der Waals surface area contributed by atoms with Gasteiger partial charge in [0, 0.05) is 11.6 Å². The number of halogens is 1. The third-order valence-corrected chi connectivity index (χ3v) is 6.31. The maximum Gasteiger partial charge on any atom is 0.408 e. The van der Waals surface area contributed by atoms with Crippen LogP contribution in [0.4, 0.5) is 10.5 Å². The van der Waals surface area contributed by atoms with E-state index < -0.39 is 47.9 Å². The van der Waals surface area contributed by atoms with Crippen LogP contribution in [-0.2, 0) is 19.1 Å². The van der Waals surface area contributed by atoms with Crippen LogP contribution in [0.25, 0.3) is 0 Å². The maximum absolute atomic E-state index is 14.1. The number of nitrogens with two attached hydrogens (primary N) is 1. The number of nitrogens with zero attached hydrogens (tertiary/aromatic N) is 1. The summed E-state index contributed by atoms with van der Waals surface area (Å²) in [5, 5.41) is 5.65. The van der Waals surface area contributed by atoms with E-state index >= 15 is 0 Å². The number of alkyl carbamates (subject to hydrolysis) is 1. The zero-order valence-electron chi connectivity index (χ0n) is 22.4. The highest BCUT2D eigenvalue weighted by molar-refractivity contribution is 6.34. The number of amides is 4. The molecule has 3 rings (SSSR count). The number of hydrogen-bond donors (Lipinski definition) is 3. The highest BCUT2D eigenvalue weighted by Gasteiger charge is 2.45. The number of hydrogen-bond acceptors (Lipinski definition) is 5. The van der Waals surface area contributed by atoms with Crippen molar-refractivity contribution in [1.82, 2.24) is 10.2 Å². The number of carbonyl (C=O) groups is 4. The van der Waals surface area contributed by atoms with Gasteiger partial charge in [0.25, 0.3) is 5.91 Å². The molecule has 2 aromatic carbocycles. The second kappa shape index (κ2) is 12.2. The number of aryl methyl sites for hydroxylation is 1. The number of nitrogens with one attached hydrogen (secondary N) is 2. The molecule has 1 saturated carbocycles. The molecule has 0 aliphatic heterocycles. The van der Waals surface area contributed by atoms with Crippen LogP contribution in [0.1, 0.15) is 62.8 Å². The van der Waals surface area contributed by atoms with Gasteiger partial charge in [0.05, 0.1) is 17.1 Å². The molecule has 2 atom stereocenters. The molecule has 0 spiro atoms. The summed E-state index contributed by atoms with van der Waals surface area (Å²) in [6.45, 7) is 6.80. The van der Waals surface area contributed by atoms with Crippen LogP contribution < -0.4 is 16.4 Å². The third-order valence-electron chi connectivity index (χ3n) is 6.00. The monoisotopic (exact) mass is 552 g/mol. The minimum atomic E-state index is -1.37. The van der Waals surface area contributed by atoms with E-state index in [2.05, 4.69) is 16.6 Å². The van der Waals surface area contributed by atoms with Gasteiger partial charge in [-0.05, 0) is 63.8 Å². The average Bonchev–Trinajstić information content (AvgIpc) is 3.67. The van der Waals surface area contributed by atoms with Crippen LogP contribution in [0, 0.1) is 19.3 Å². The predicted molar refractivity (Wildman–Crippen MR) is 149 cm³/mol. The summed E-state index contributed by atoms with van der Waals surface area (Å²) in [7, 11) is 0. The van der Waals surface area contributed by atoms with Gasteiger partial charge in [0.1, 0.15) is 17.7 Å². The van der Waals surface area contributed by atoms with Gasteiger partial charge in [-0.3, -0.25) is 14.4 Å². The lowest BCUT2D eigenvalue weighted by Gasteiger charge is -2.35. The van der Waals surface area contributed by atoms with Gasteiger partial charge in [0.15, 0.2) is 0 Å². The van der Waals surface area contributed by atoms with Crippen molar-refractivity contribution in [2.45, 2.75) is 70.7 Å².